The average Bonchev–Trinajstić information content (AvgIpc) is 3.84. The van der Waals surface area contributed by atoms with Gasteiger partial charge in [0, 0.05) is 41.6 Å². The van der Waals surface area contributed by atoms with Crippen LogP contribution in [-0.4, -0.2) is 19.1 Å². The Labute approximate surface area is 324 Å². The summed E-state index contributed by atoms with van der Waals surface area (Å²) in [5.74, 6) is 2.05. The SMILES string of the molecule is CCC.CCC.CCc1nc[nH]c1C.Cn1c2ccccc2c2c3c(ccc21)N=c1c(Cl)c2c(c(Cl)c1O3)=Nc1ccc3c(c1O2)c1ccccc1n3C. The molecule has 8 nitrogen and oxygen atoms in total. The van der Waals surface area contributed by atoms with Crippen molar-refractivity contribution in [3.05, 3.63) is 111 Å². The van der Waals surface area contributed by atoms with Crippen molar-refractivity contribution in [3.8, 4) is 23.0 Å². The van der Waals surface area contributed by atoms with E-state index in [1.54, 1.807) is 6.33 Å². The quantitative estimate of drug-likeness (QED) is 0.181. The summed E-state index contributed by atoms with van der Waals surface area (Å²) >= 11 is 14.0. The number of nitrogens with one attached hydrogen (secondary N) is 1. The summed E-state index contributed by atoms with van der Waals surface area (Å²) < 4.78 is 17.4. The number of aromatic nitrogens is 4. The standard InChI is InChI=1S/C32H18Cl2N4O2.C6H10N2.2C3H8/c1-37-19-9-5-3-7-15(19)23-21(37)13-11-17-29(23)39-31-25(33)28-32(26(34)27(31)35-17)40-30-18(36-28)12-14-22-24(30)16-8-4-6-10-20(16)38(22)2;1-3-6-5(2)7-4-8-6;2*1-3-2/h3-14H,1-2H3;4H,3H2,1-2H3,(H,7,8);2*3H2,1-2H3. The summed E-state index contributed by atoms with van der Waals surface area (Å²) in [4.78, 5) is 17.0. The summed E-state index contributed by atoms with van der Waals surface area (Å²) in [5, 5.41) is 5.60. The van der Waals surface area contributed by atoms with Crippen LogP contribution in [0.15, 0.2) is 89.1 Å². The van der Waals surface area contributed by atoms with E-state index in [0.717, 1.165) is 50.0 Å². The van der Waals surface area contributed by atoms with Gasteiger partial charge in [0.1, 0.15) is 32.1 Å². The Hall–Kier alpha value is -5.31. The van der Waals surface area contributed by atoms with Crippen LogP contribution in [0.3, 0.4) is 0 Å². The molecule has 10 heteroatoms. The molecule has 54 heavy (non-hydrogen) atoms. The van der Waals surface area contributed by atoms with Gasteiger partial charge in [0.15, 0.2) is 23.0 Å². The second-order valence-electron chi connectivity index (χ2n) is 13.4. The molecule has 276 valence electrons. The van der Waals surface area contributed by atoms with Crippen molar-refractivity contribution in [2.45, 2.75) is 60.8 Å². The molecule has 0 radical (unpaired) electrons. The first kappa shape index (κ1) is 37.0. The highest BCUT2D eigenvalue weighted by molar-refractivity contribution is 6.35. The molecule has 5 aromatic carbocycles. The van der Waals surface area contributed by atoms with E-state index in [0.29, 0.717) is 55.1 Å². The van der Waals surface area contributed by atoms with Crippen molar-refractivity contribution in [1.29, 1.82) is 0 Å². The summed E-state index contributed by atoms with van der Waals surface area (Å²) in [6.07, 6.45) is 5.25. The Morgan fingerprint density at radius 1 is 0.593 bits per heavy atom. The molecule has 0 saturated heterocycles. The van der Waals surface area contributed by atoms with Gasteiger partial charge in [-0.25, -0.2) is 15.0 Å². The van der Waals surface area contributed by atoms with Crippen LogP contribution in [0.4, 0.5) is 11.4 Å². The van der Waals surface area contributed by atoms with Crippen LogP contribution in [0.25, 0.3) is 43.6 Å². The first-order chi connectivity index (χ1) is 26.2. The van der Waals surface area contributed by atoms with Crippen molar-refractivity contribution in [2.24, 2.45) is 24.1 Å². The van der Waals surface area contributed by atoms with Gasteiger partial charge in [-0.2, -0.15) is 0 Å². The van der Waals surface area contributed by atoms with Crippen molar-refractivity contribution < 1.29 is 9.47 Å². The zero-order chi connectivity index (χ0) is 38.3. The van der Waals surface area contributed by atoms with Gasteiger partial charge in [-0.3, -0.25) is 0 Å². The minimum Gasteiger partial charge on any atom is -0.450 e. The summed E-state index contributed by atoms with van der Waals surface area (Å²) in [6.45, 7) is 12.6. The fourth-order valence-electron chi connectivity index (χ4n) is 7.00. The van der Waals surface area contributed by atoms with E-state index in [-0.39, 0.29) is 0 Å². The monoisotopic (exact) mass is 758 g/mol. The lowest BCUT2D eigenvalue weighted by Gasteiger charge is -2.21. The first-order valence-electron chi connectivity index (χ1n) is 18.5. The number of benzene rings is 5. The van der Waals surface area contributed by atoms with Crippen LogP contribution < -0.4 is 20.2 Å². The third-order valence-electron chi connectivity index (χ3n) is 9.41. The van der Waals surface area contributed by atoms with Crippen LogP contribution in [0, 0.1) is 6.92 Å². The predicted octanol–water partition coefficient (Wildman–Crippen LogP) is 12.5. The summed E-state index contributed by atoms with van der Waals surface area (Å²) in [6, 6.07) is 24.5. The number of hydrogen-bond acceptors (Lipinski definition) is 5. The molecule has 10 rings (SSSR count). The van der Waals surface area contributed by atoms with E-state index in [1.807, 2.05) is 57.4 Å². The third kappa shape index (κ3) is 6.07. The lowest BCUT2D eigenvalue weighted by atomic mass is 10.1. The van der Waals surface area contributed by atoms with E-state index < -0.39 is 0 Å². The molecule has 0 unspecified atom stereocenters. The van der Waals surface area contributed by atoms with Gasteiger partial charge in [0.25, 0.3) is 0 Å². The van der Waals surface area contributed by atoms with Gasteiger partial charge >= 0.3 is 0 Å². The number of aromatic amines is 1. The Kier molecular flexibility index (Phi) is 10.4. The molecular formula is C44H44Cl2N6O2. The molecule has 0 spiro atoms. The molecule has 2 aliphatic rings. The topological polar surface area (TPSA) is 81.7 Å². The van der Waals surface area contributed by atoms with Crippen molar-refractivity contribution in [1.82, 2.24) is 19.1 Å². The molecule has 5 heterocycles. The van der Waals surface area contributed by atoms with E-state index >= 15 is 0 Å². The first-order valence-corrected chi connectivity index (χ1v) is 19.3. The van der Waals surface area contributed by atoms with Gasteiger partial charge < -0.3 is 23.6 Å². The molecule has 2 aliphatic heterocycles. The predicted molar refractivity (Wildman–Crippen MR) is 224 cm³/mol. The molecule has 3 aromatic heterocycles. The van der Waals surface area contributed by atoms with Gasteiger partial charge in [0.05, 0.1) is 33.8 Å². The van der Waals surface area contributed by atoms with Crippen LogP contribution in [-0.2, 0) is 20.5 Å². The van der Waals surface area contributed by atoms with Crippen LogP contribution in [0.2, 0.25) is 10.0 Å². The maximum absolute atomic E-state index is 7.01. The molecule has 0 saturated carbocycles. The number of para-hydroxylation sites is 2. The Morgan fingerprint density at radius 2 is 1.02 bits per heavy atom. The van der Waals surface area contributed by atoms with Gasteiger partial charge in [0.2, 0.25) is 0 Å². The second kappa shape index (κ2) is 15.2. The van der Waals surface area contributed by atoms with Crippen molar-refractivity contribution in [3.63, 3.8) is 0 Å². The zero-order valence-corrected chi connectivity index (χ0v) is 33.4. The molecule has 0 amide bonds. The maximum atomic E-state index is 7.01. The smallest absolute Gasteiger partial charge is 0.175 e. The summed E-state index contributed by atoms with van der Waals surface area (Å²) in [5.41, 5.74) is 8.01. The number of fused-ring (bicyclic) bond motifs is 12. The fraction of sp³-hybridized carbons (Fsp3) is 0.250. The molecule has 0 aliphatic carbocycles. The van der Waals surface area contributed by atoms with Gasteiger partial charge in [-0.05, 0) is 49.7 Å². The van der Waals surface area contributed by atoms with Crippen LogP contribution in [0.5, 0.6) is 23.0 Å². The normalized spacial score (nSPS) is 12.0. The second-order valence-corrected chi connectivity index (χ2v) is 14.2. The van der Waals surface area contributed by atoms with Gasteiger partial charge in [-0.1, -0.05) is 107 Å². The number of ether oxygens (including phenoxy) is 2. The highest BCUT2D eigenvalue weighted by atomic mass is 35.5. The van der Waals surface area contributed by atoms with E-state index in [2.05, 4.69) is 90.1 Å². The fourth-order valence-corrected chi connectivity index (χ4v) is 7.51. The summed E-state index contributed by atoms with van der Waals surface area (Å²) in [7, 11) is 4.09. The highest BCUT2D eigenvalue weighted by Crippen LogP contribution is 2.49. The molecule has 0 fully saturated rings. The van der Waals surface area contributed by atoms with E-state index in [1.165, 1.54) is 24.2 Å². The zero-order valence-electron chi connectivity index (χ0n) is 31.9. The van der Waals surface area contributed by atoms with E-state index in [4.69, 9.17) is 42.7 Å². The number of aryl methyl sites for hydroxylation is 4. The minimum atomic E-state index is 0.310. The number of H-pyrrole nitrogens is 1. The third-order valence-corrected chi connectivity index (χ3v) is 10.1. The van der Waals surface area contributed by atoms with Gasteiger partial charge in [-0.15, -0.1) is 0 Å². The maximum Gasteiger partial charge on any atom is 0.175 e. The largest absolute Gasteiger partial charge is 0.450 e. The molecular weight excluding hydrogens is 715 g/mol. The molecule has 0 atom stereocenters. The molecule has 8 aromatic rings. The number of rotatable bonds is 1. The van der Waals surface area contributed by atoms with Crippen molar-refractivity contribution >= 4 is 78.2 Å². The lowest BCUT2D eigenvalue weighted by molar-refractivity contribution is 0.457. The average molecular weight is 760 g/mol. The number of nitrogens with zero attached hydrogens (tertiary/aromatic N) is 5. The number of imidazole rings is 1. The Morgan fingerprint density at radius 3 is 1.39 bits per heavy atom. The number of halogens is 2. The van der Waals surface area contributed by atoms with E-state index in [9.17, 15) is 0 Å². The molecule has 1 N–H and O–H groups in total. The number of hydrogen-bond donors (Lipinski definition) is 1. The molecule has 0 bridgehead atoms. The Bertz CT molecular complexity index is 2660. The van der Waals surface area contributed by atoms with Crippen LogP contribution >= 0.6 is 23.2 Å². The van der Waals surface area contributed by atoms with Crippen LogP contribution in [0.1, 0.15) is 58.8 Å². The highest BCUT2D eigenvalue weighted by Gasteiger charge is 2.30. The Balaban J connectivity index is 0.000000276. The van der Waals surface area contributed by atoms with Crippen molar-refractivity contribution in [2.75, 3.05) is 0 Å². The minimum absolute atomic E-state index is 0.310. The lowest BCUT2D eigenvalue weighted by Crippen LogP contribution is -2.22.